The fourth-order valence-corrected chi connectivity index (χ4v) is 3.88. The van der Waals surface area contributed by atoms with E-state index < -0.39 is 0 Å². The zero-order valence-electron chi connectivity index (χ0n) is 15.8. The molecule has 9 nitrogen and oxygen atoms in total. The highest BCUT2D eigenvalue weighted by molar-refractivity contribution is 5.68. The summed E-state index contributed by atoms with van der Waals surface area (Å²) in [5.41, 5.74) is 0. The van der Waals surface area contributed by atoms with Gasteiger partial charge in [0.2, 0.25) is 0 Å². The molecule has 0 aromatic carbocycles. The smallest absolute Gasteiger partial charge is 0.409 e. The molecule has 0 radical (unpaired) electrons. The molecule has 3 aliphatic heterocycles. The fourth-order valence-electron chi connectivity index (χ4n) is 3.88. The van der Waals surface area contributed by atoms with Crippen molar-refractivity contribution in [3.8, 4) is 0 Å². The Balaban J connectivity index is 1.35. The first-order valence-corrected chi connectivity index (χ1v) is 9.71. The monoisotopic (exact) mass is 377 g/mol. The molecule has 0 bridgehead atoms. The van der Waals surface area contributed by atoms with E-state index in [0.29, 0.717) is 32.9 Å². The summed E-state index contributed by atoms with van der Waals surface area (Å²) in [6.45, 7) is 8.06. The van der Waals surface area contributed by atoms with Crippen LogP contribution in [-0.2, 0) is 14.2 Å². The van der Waals surface area contributed by atoms with E-state index in [0.717, 1.165) is 50.7 Å². The van der Waals surface area contributed by atoms with Gasteiger partial charge in [0.05, 0.1) is 19.8 Å². The Hall–Kier alpha value is -2.13. The van der Waals surface area contributed by atoms with Gasteiger partial charge < -0.3 is 28.9 Å². The SMILES string of the molecule is CCOC(=O)N1CCN(c2cc(N3CCC4(CC3)OCCO4)ncn2)CC1. The molecule has 0 aliphatic carbocycles. The number of carbonyl (C=O) groups is 1. The molecular weight excluding hydrogens is 350 g/mol. The van der Waals surface area contributed by atoms with E-state index in [4.69, 9.17) is 14.2 Å². The van der Waals surface area contributed by atoms with Crippen LogP contribution in [0.4, 0.5) is 16.4 Å². The second kappa shape index (κ2) is 7.85. The number of piperazine rings is 1. The van der Waals surface area contributed by atoms with Crippen LogP contribution in [0.2, 0.25) is 0 Å². The first-order chi connectivity index (χ1) is 13.2. The molecule has 27 heavy (non-hydrogen) atoms. The van der Waals surface area contributed by atoms with Crippen LogP contribution in [0.15, 0.2) is 12.4 Å². The number of nitrogens with zero attached hydrogens (tertiary/aromatic N) is 5. The summed E-state index contributed by atoms with van der Waals surface area (Å²) >= 11 is 0. The van der Waals surface area contributed by atoms with Crippen molar-refractivity contribution in [3.63, 3.8) is 0 Å². The van der Waals surface area contributed by atoms with Gasteiger partial charge in [0.1, 0.15) is 18.0 Å². The lowest BCUT2D eigenvalue weighted by Crippen LogP contribution is -2.49. The Morgan fingerprint density at radius 2 is 1.63 bits per heavy atom. The lowest BCUT2D eigenvalue weighted by atomic mass is 10.0. The van der Waals surface area contributed by atoms with Crippen molar-refractivity contribution in [3.05, 3.63) is 12.4 Å². The van der Waals surface area contributed by atoms with E-state index in [9.17, 15) is 4.79 Å². The Kier molecular flexibility index (Phi) is 5.31. The van der Waals surface area contributed by atoms with E-state index in [1.165, 1.54) is 0 Å². The topological polar surface area (TPSA) is 80.3 Å². The summed E-state index contributed by atoms with van der Waals surface area (Å²) in [5.74, 6) is 1.45. The molecule has 1 spiro atoms. The normalized spacial score (nSPS) is 22.3. The fraction of sp³-hybridized carbons (Fsp3) is 0.722. The van der Waals surface area contributed by atoms with Gasteiger partial charge in [0, 0.05) is 58.2 Å². The summed E-state index contributed by atoms with van der Waals surface area (Å²) in [7, 11) is 0. The van der Waals surface area contributed by atoms with E-state index in [1.54, 1.807) is 11.2 Å². The first kappa shape index (κ1) is 18.2. The molecule has 0 saturated carbocycles. The molecule has 3 fully saturated rings. The van der Waals surface area contributed by atoms with E-state index in [-0.39, 0.29) is 11.9 Å². The summed E-state index contributed by atoms with van der Waals surface area (Å²) < 4.78 is 16.7. The third kappa shape index (κ3) is 3.93. The van der Waals surface area contributed by atoms with Crippen molar-refractivity contribution in [1.82, 2.24) is 14.9 Å². The van der Waals surface area contributed by atoms with Gasteiger partial charge in [-0.3, -0.25) is 0 Å². The molecule has 1 aromatic heterocycles. The summed E-state index contributed by atoms with van der Waals surface area (Å²) in [6.07, 6.45) is 3.09. The predicted octanol–water partition coefficient (Wildman–Crippen LogP) is 1.10. The number of hydrogen-bond acceptors (Lipinski definition) is 8. The highest BCUT2D eigenvalue weighted by Gasteiger charge is 2.40. The van der Waals surface area contributed by atoms with Crippen LogP contribution in [0.3, 0.4) is 0 Å². The molecule has 4 rings (SSSR count). The zero-order valence-corrected chi connectivity index (χ0v) is 15.8. The second-order valence-electron chi connectivity index (χ2n) is 7.00. The van der Waals surface area contributed by atoms with E-state index in [1.807, 2.05) is 13.0 Å². The minimum absolute atomic E-state index is 0.237. The number of hydrogen-bond donors (Lipinski definition) is 0. The standard InChI is InChI=1S/C18H27N5O4/c1-2-25-17(24)23-9-7-22(8-10-23)16-13-15(19-14-20-16)21-5-3-18(4-6-21)26-11-12-27-18/h13-14H,2-12H2,1H3. The molecule has 148 valence electrons. The Labute approximate surface area is 159 Å². The number of carbonyl (C=O) groups excluding carboxylic acids is 1. The highest BCUT2D eigenvalue weighted by atomic mass is 16.7. The van der Waals surface area contributed by atoms with Gasteiger partial charge in [-0.1, -0.05) is 0 Å². The molecule has 3 aliphatic rings. The van der Waals surface area contributed by atoms with Crippen molar-refractivity contribution in [2.24, 2.45) is 0 Å². The van der Waals surface area contributed by atoms with E-state index in [2.05, 4.69) is 19.8 Å². The van der Waals surface area contributed by atoms with Gasteiger partial charge in [-0.25, -0.2) is 14.8 Å². The van der Waals surface area contributed by atoms with Gasteiger partial charge in [-0.15, -0.1) is 0 Å². The molecule has 0 atom stereocenters. The average molecular weight is 377 g/mol. The number of piperidine rings is 1. The Bertz CT molecular complexity index is 649. The van der Waals surface area contributed by atoms with Crippen molar-refractivity contribution in [2.45, 2.75) is 25.6 Å². The summed E-state index contributed by atoms with van der Waals surface area (Å²) in [5, 5.41) is 0. The van der Waals surface area contributed by atoms with Crippen LogP contribution in [0.5, 0.6) is 0 Å². The number of anilines is 2. The molecule has 4 heterocycles. The zero-order chi connectivity index (χ0) is 18.7. The van der Waals surface area contributed by atoms with Gasteiger partial charge in [0.15, 0.2) is 5.79 Å². The molecule has 0 N–H and O–H groups in total. The third-order valence-electron chi connectivity index (χ3n) is 5.43. The van der Waals surface area contributed by atoms with Gasteiger partial charge in [-0.05, 0) is 6.92 Å². The van der Waals surface area contributed by atoms with Crippen molar-refractivity contribution >= 4 is 17.7 Å². The molecule has 1 aromatic rings. The lowest BCUT2D eigenvalue weighted by molar-refractivity contribution is -0.169. The number of amides is 1. The van der Waals surface area contributed by atoms with Crippen LogP contribution >= 0.6 is 0 Å². The number of ether oxygens (including phenoxy) is 3. The number of aromatic nitrogens is 2. The Morgan fingerprint density at radius 3 is 2.22 bits per heavy atom. The van der Waals surface area contributed by atoms with Gasteiger partial charge >= 0.3 is 6.09 Å². The minimum atomic E-state index is -0.379. The van der Waals surface area contributed by atoms with Crippen LogP contribution in [0.25, 0.3) is 0 Å². The summed E-state index contributed by atoms with van der Waals surface area (Å²) in [6, 6.07) is 2.04. The summed E-state index contributed by atoms with van der Waals surface area (Å²) in [4.78, 5) is 26.9. The van der Waals surface area contributed by atoms with Crippen molar-refractivity contribution in [1.29, 1.82) is 0 Å². The van der Waals surface area contributed by atoms with Crippen LogP contribution in [0.1, 0.15) is 19.8 Å². The molecule has 3 saturated heterocycles. The molecule has 0 unspecified atom stereocenters. The highest BCUT2D eigenvalue weighted by Crippen LogP contribution is 2.33. The van der Waals surface area contributed by atoms with Gasteiger partial charge in [0.25, 0.3) is 0 Å². The third-order valence-corrected chi connectivity index (χ3v) is 5.43. The van der Waals surface area contributed by atoms with E-state index >= 15 is 0 Å². The van der Waals surface area contributed by atoms with Crippen LogP contribution in [-0.4, -0.2) is 85.8 Å². The van der Waals surface area contributed by atoms with Crippen molar-refractivity contribution in [2.75, 3.05) is 68.9 Å². The average Bonchev–Trinajstić information content (AvgIpc) is 3.17. The maximum absolute atomic E-state index is 11.8. The maximum Gasteiger partial charge on any atom is 0.409 e. The predicted molar refractivity (Wildman–Crippen MR) is 98.9 cm³/mol. The quantitative estimate of drug-likeness (QED) is 0.775. The minimum Gasteiger partial charge on any atom is -0.450 e. The first-order valence-electron chi connectivity index (χ1n) is 9.71. The number of rotatable bonds is 3. The molecule has 9 heteroatoms. The van der Waals surface area contributed by atoms with Crippen LogP contribution in [0, 0.1) is 0 Å². The molecular formula is C18H27N5O4. The lowest BCUT2D eigenvalue weighted by Gasteiger charge is -2.38. The van der Waals surface area contributed by atoms with Crippen molar-refractivity contribution < 1.29 is 19.0 Å². The second-order valence-corrected chi connectivity index (χ2v) is 7.00. The molecule has 1 amide bonds. The van der Waals surface area contributed by atoms with Gasteiger partial charge in [-0.2, -0.15) is 0 Å². The largest absolute Gasteiger partial charge is 0.450 e. The maximum atomic E-state index is 11.8. The Morgan fingerprint density at radius 1 is 1.04 bits per heavy atom. The van der Waals surface area contributed by atoms with Crippen LogP contribution < -0.4 is 9.80 Å².